The van der Waals surface area contributed by atoms with E-state index in [0.29, 0.717) is 5.52 Å². The average molecular weight is 447 g/mol. The summed E-state index contributed by atoms with van der Waals surface area (Å²) >= 11 is 0. The number of alkyl halides is 3. The highest BCUT2D eigenvalue weighted by Gasteiger charge is 2.31. The number of oxazole rings is 1. The maximum absolute atomic E-state index is 14.4. The second kappa shape index (κ2) is 8.17. The summed E-state index contributed by atoms with van der Waals surface area (Å²) in [7, 11) is 0. The topological polar surface area (TPSA) is 97.2 Å². The Labute approximate surface area is 176 Å². The maximum Gasteiger partial charge on any atom is 0.573 e. The Morgan fingerprint density at radius 3 is 2.56 bits per heavy atom. The number of nitrogens with zero attached hydrogens (tertiary/aromatic N) is 1. The number of aromatic amines is 1. The molecule has 4 rings (SSSR count). The van der Waals surface area contributed by atoms with E-state index in [4.69, 9.17) is 4.42 Å². The molecule has 2 aromatic carbocycles. The van der Waals surface area contributed by atoms with Crippen LogP contribution in [0, 0.1) is 5.82 Å². The van der Waals surface area contributed by atoms with Gasteiger partial charge in [0.25, 0.3) is 5.91 Å². The number of carbonyl (C=O) groups is 1. The lowest BCUT2D eigenvalue weighted by Gasteiger charge is -2.20. The molecule has 0 aliphatic rings. The van der Waals surface area contributed by atoms with Crippen molar-refractivity contribution in [3.63, 3.8) is 0 Å². The number of H-pyrrole nitrogens is 1. The molecule has 0 radical (unpaired) electrons. The van der Waals surface area contributed by atoms with Crippen molar-refractivity contribution in [3.05, 3.63) is 94.0 Å². The Bertz CT molecular complexity index is 1330. The molecule has 4 aromatic rings. The van der Waals surface area contributed by atoms with Gasteiger partial charge in [0.15, 0.2) is 5.58 Å². The van der Waals surface area contributed by atoms with E-state index in [0.717, 1.165) is 18.2 Å². The third-order valence-corrected chi connectivity index (χ3v) is 4.47. The van der Waals surface area contributed by atoms with E-state index < -0.39 is 35.6 Å². The molecular weight excluding hydrogens is 434 g/mol. The number of ether oxygens (including phenoxy) is 1. The minimum Gasteiger partial charge on any atom is -0.408 e. The zero-order valence-electron chi connectivity index (χ0n) is 15.9. The molecule has 0 saturated carbocycles. The van der Waals surface area contributed by atoms with Gasteiger partial charge in [-0.15, -0.1) is 13.2 Å². The van der Waals surface area contributed by atoms with Crippen LogP contribution in [0.5, 0.6) is 5.75 Å². The molecule has 1 amide bonds. The monoisotopic (exact) mass is 447 g/mol. The van der Waals surface area contributed by atoms with E-state index in [1.54, 1.807) is 0 Å². The third-order valence-electron chi connectivity index (χ3n) is 4.47. The fourth-order valence-corrected chi connectivity index (χ4v) is 3.08. The molecule has 2 aromatic heterocycles. The summed E-state index contributed by atoms with van der Waals surface area (Å²) in [6, 6.07) is 10.2. The smallest absolute Gasteiger partial charge is 0.408 e. The van der Waals surface area contributed by atoms with Gasteiger partial charge in [-0.05, 0) is 48.0 Å². The minimum absolute atomic E-state index is 0.110. The van der Waals surface area contributed by atoms with E-state index in [1.807, 2.05) is 0 Å². The number of fused-ring (bicyclic) bond motifs is 1. The van der Waals surface area contributed by atoms with Gasteiger partial charge in [-0.1, -0.05) is 12.1 Å². The molecule has 1 atom stereocenters. The summed E-state index contributed by atoms with van der Waals surface area (Å²) in [5, 5.41) is 2.61. The predicted molar refractivity (Wildman–Crippen MR) is 103 cm³/mol. The number of rotatable bonds is 5. The largest absolute Gasteiger partial charge is 0.573 e. The number of aromatic nitrogens is 2. The predicted octanol–water partition coefficient (Wildman–Crippen LogP) is 4.07. The van der Waals surface area contributed by atoms with E-state index in [1.165, 1.54) is 42.6 Å². The van der Waals surface area contributed by atoms with Crippen LogP contribution in [0.1, 0.15) is 27.7 Å². The fraction of sp³-hybridized carbons (Fsp3) is 0.0952. The zero-order chi connectivity index (χ0) is 22.9. The lowest BCUT2D eigenvalue weighted by molar-refractivity contribution is -0.274. The van der Waals surface area contributed by atoms with Crippen LogP contribution in [-0.2, 0) is 0 Å². The number of hydrogen-bond acceptors (Lipinski definition) is 5. The van der Waals surface area contributed by atoms with Crippen LogP contribution >= 0.6 is 0 Å². The van der Waals surface area contributed by atoms with Crippen LogP contribution < -0.4 is 15.8 Å². The Balaban J connectivity index is 1.67. The molecule has 0 fully saturated rings. The maximum atomic E-state index is 14.4. The van der Waals surface area contributed by atoms with Gasteiger partial charge in [0.05, 0.1) is 11.6 Å². The highest BCUT2D eigenvalue weighted by molar-refractivity contribution is 5.97. The molecule has 0 bridgehead atoms. The summed E-state index contributed by atoms with van der Waals surface area (Å²) in [4.78, 5) is 30.6. The molecule has 0 saturated heterocycles. The number of pyridine rings is 1. The minimum atomic E-state index is -4.87. The molecule has 11 heteroatoms. The molecule has 32 heavy (non-hydrogen) atoms. The van der Waals surface area contributed by atoms with Crippen molar-refractivity contribution in [3.8, 4) is 5.75 Å². The number of amides is 1. The zero-order valence-corrected chi connectivity index (χ0v) is 15.9. The second-order valence-corrected chi connectivity index (χ2v) is 6.62. The first-order valence-corrected chi connectivity index (χ1v) is 9.09. The molecule has 0 aliphatic heterocycles. The Kier molecular flexibility index (Phi) is 5.39. The number of nitrogens with one attached hydrogen (secondary N) is 2. The lowest BCUT2D eigenvalue weighted by Crippen LogP contribution is -2.30. The van der Waals surface area contributed by atoms with Gasteiger partial charge in [0.1, 0.15) is 17.3 Å². The Morgan fingerprint density at radius 2 is 1.88 bits per heavy atom. The van der Waals surface area contributed by atoms with Crippen LogP contribution in [0.15, 0.2) is 70.0 Å². The van der Waals surface area contributed by atoms with Crippen molar-refractivity contribution in [2.45, 2.75) is 12.4 Å². The Morgan fingerprint density at radius 1 is 1.12 bits per heavy atom. The molecule has 2 heterocycles. The van der Waals surface area contributed by atoms with Gasteiger partial charge >= 0.3 is 12.1 Å². The van der Waals surface area contributed by atoms with Crippen molar-refractivity contribution < 1.29 is 31.5 Å². The number of hydrogen-bond donors (Lipinski definition) is 2. The van der Waals surface area contributed by atoms with Gasteiger partial charge < -0.3 is 14.5 Å². The standard InChI is InChI=1S/C21H13F4N3O4/c22-14-2-1-9-26-18(14)17(11-3-6-13(7-4-11)32-21(23,24)25)28-19(29)12-5-8-15-16(10-12)31-20(30)27-15/h1-10,17H,(H,27,30)(H,28,29)/t17-/m0/s1. The highest BCUT2D eigenvalue weighted by atomic mass is 19.4. The Hall–Kier alpha value is -4.15. The molecule has 164 valence electrons. The lowest BCUT2D eigenvalue weighted by atomic mass is 10.0. The highest BCUT2D eigenvalue weighted by Crippen LogP contribution is 2.28. The summed E-state index contributed by atoms with van der Waals surface area (Å²) in [5.41, 5.74) is 0.772. The van der Waals surface area contributed by atoms with E-state index in [9.17, 15) is 27.2 Å². The summed E-state index contributed by atoms with van der Waals surface area (Å²) in [6.45, 7) is 0. The summed E-state index contributed by atoms with van der Waals surface area (Å²) in [6.07, 6.45) is -3.55. The summed E-state index contributed by atoms with van der Waals surface area (Å²) < 4.78 is 60.5. The number of carbonyl (C=O) groups excluding carboxylic acids is 1. The fourth-order valence-electron chi connectivity index (χ4n) is 3.08. The van der Waals surface area contributed by atoms with Crippen molar-refractivity contribution in [2.24, 2.45) is 0 Å². The van der Waals surface area contributed by atoms with Crippen LogP contribution in [-0.4, -0.2) is 22.2 Å². The quantitative estimate of drug-likeness (QED) is 0.450. The number of benzene rings is 2. The first-order valence-electron chi connectivity index (χ1n) is 9.09. The molecule has 0 spiro atoms. The molecule has 2 N–H and O–H groups in total. The van der Waals surface area contributed by atoms with Crippen LogP contribution in [0.25, 0.3) is 11.1 Å². The first kappa shape index (κ1) is 21.1. The molecular formula is C21H13F4N3O4. The average Bonchev–Trinajstić information content (AvgIpc) is 3.11. The van der Waals surface area contributed by atoms with E-state index >= 15 is 0 Å². The van der Waals surface area contributed by atoms with Gasteiger partial charge in [-0.2, -0.15) is 0 Å². The molecule has 0 unspecified atom stereocenters. The van der Waals surface area contributed by atoms with Gasteiger partial charge in [0, 0.05) is 11.8 Å². The second-order valence-electron chi connectivity index (χ2n) is 6.62. The van der Waals surface area contributed by atoms with Crippen LogP contribution in [0.4, 0.5) is 17.6 Å². The number of halogens is 4. The van der Waals surface area contributed by atoms with Gasteiger partial charge in [0.2, 0.25) is 0 Å². The van der Waals surface area contributed by atoms with Crippen LogP contribution in [0.2, 0.25) is 0 Å². The van der Waals surface area contributed by atoms with Crippen molar-refractivity contribution >= 4 is 17.0 Å². The van der Waals surface area contributed by atoms with Gasteiger partial charge in [-0.25, -0.2) is 9.18 Å². The molecule has 7 nitrogen and oxygen atoms in total. The van der Waals surface area contributed by atoms with Crippen molar-refractivity contribution in [1.82, 2.24) is 15.3 Å². The third kappa shape index (κ3) is 4.61. The normalized spacial score (nSPS) is 12.5. The van der Waals surface area contributed by atoms with Gasteiger partial charge in [-0.3, -0.25) is 14.8 Å². The van der Waals surface area contributed by atoms with E-state index in [2.05, 4.69) is 20.0 Å². The first-order chi connectivity index (χ1) is 15.2. The molecule has 0 aliphatic carbocycles. The SMILES string of the molecule is O=C(N[C@@H](c1ccc(OC(F)(F)F)cc1)c1ncccc1F)c1ccc2[nH]c(=O)oc2c1. The van der Waals surface area contributed by atoms with Crippen molar-refractivity contribution in [1.29, 1.82) is 0 Å². The van der Waals surface area contributed by atoms with Crippen LogP contribution in [0.3, 0.4) is 0 Å². The van der Waals surface area contributed by atoms with Crippen molar-refractivity contribution in [2.75, 3.05) is 0 Å². The summed E-state index contributed by atoms with van der Waals surface area (Å²) in [5.74, 6) is -2.53. The van der Waals surface area contributed by atoms with E-state index in [-0.39, 0.29) is 22.4 Å².